The lowest BCUT2D eigenvalue weighted by atomic mass is 9.96. The van der Waals surface area contributed by atoms with Crippen molar-refractivity contribution in [2.24, 2.45) is 5.41 Å². The molecule has 8 heteroatoms. The molecule has 0 rings (SSSR count). The molecule has 2 unspecified atom stereocenters. The lowest BCUT2D eigenvalue weighted by molar-refractivity contribution is -0.432. The van der Waals surface area contributed by atoms with Crippen molar-refractivity contribution in [3.63, 3.8) is 0 Å². The first-order valence-electron chi connectivity index (χ1n) is 5.31. The van der Waals surface area contributed by atoms with Gasteiger partial charge in [0, 0.05) is 24.8 Å². The fraction of sp³-hybridized carbons (Fsp3) is 0.900. The summed E-state index contributed by atoms with van der Waals surface area (Å²) in [6.45, 7) is 8.03. The van der Waals surface area contributed by atoms with Crippen molar-refractivity contribution < 1.29 is 29.6 Å². The maximum absolute atomic E-state index is 10.6. The Morgan fingerprint density at radius 2 is 1.94 bits per heavy atom. The molecule has 0 aromatic heterocycles. The molecule has 0 aliphatic carbocycles. The van der Waals surface area contributed by atoms with E-state index in [0.717, 1.165) is 12.0 Å². The van der Waals surface area contributed by atoms with Gasteiger partial charge >= 0.3 is 5.97 Å². The van der Waals surface area contributed by atoms with Crippen LogP contribution in [0.5, 0.6) is 0 Å². The minimum Gasteiger partial charge on any atom is -0.480 e. The zero-order chi connectivity index (χ0) is 14.8. The van der Waals surface area contributed by atoms with Crippen molar-refractivity contribution >= 4 is 18.0 Å². The van der Waals surface area contributed by atoms with Crippen LogP contribution in [-0.4, -0.2) is 46.4 Å². The Morgan fingerprint density at radius 3 is 2.11 bits per heavy atom. The zero-order valence-corrected chi connectivity index (χ0v) is 12.2. The summed E-state index contributed by atoms with van der Waals surface area (Å²) in [6.07, 6.45) is 0.746. The van der Waals surface area contributed by atoms with Crippen LogP contribution in [0.15, 0.2) is 0 Å². The van der Waals surface area contributed by atoms with Gasteiger partial charge in [0.15, 0.2) is 0 Å². The minimum absolute atomic E-state index is 0.0165. The van der Waals surface area contributed by atoms with E-state index in [4.69, 9.17) is 15.5 Å². The van der Waals surface area contributed by atoms with Gasteiger partial charge in [0.1, 0.15) is 6.04 Å². The summed E-state index contributed by atoms with van der Waals surface area (Å²) in [7, 11) is 0. The van der Waals surface area contributed by atoms with Crippen molar-refractivity contribution in [3.05, 3.63) is 0 Å². The molecule has 110 valence electrons. The molecule has 7 nitrogen and oxygen atoms in total. The molecule has 0 bridgehead atoms. The third kappa shape index (κ3) is 13.7. The van der Waals surface area contributed by atoms with Crippen molar-refractivity contribution in [2.75, 3.05) is 12.8 Å². The van der Waals surface area contributed by atoms with Crippen LogP contribution in [0, 0.1) is 5.41 Å². The Kier molecular flexibility index (Phi) is 11.7. The largest absolute Gasteiger partial charge is 0.480 e. The molecule has 0 saturated carbocycles. The number of aliphatic hydroxyl groups excluding tert-OH is 1. The predicted molar refractivity (Wildman–Crippen MR) is 68.9 cm³/mol. The van der Waals surface area contributed by atoms with Gasteiger partial charge < -0.3 is 15.5 Å². The second-order valence-corrected chi connectivity index (χ2v) is 5.28. The summed E-state index contributed by atoms with van der Waals surface area (Å²) in [6, 6.07) is -0.876. The minimum atomic E-state index is -1.01. The van der Waals surface area contributed by atoms with E-state index in [0.29, 0.717) is 6.54 Å². The van der Waals surface area contributed by atoms with Gasteiger partial charge in [0.05, 0.1) is 6.10 Å². The smallest absolute Gasteiger partial charge is 0.323 e. The summed E-state index contributed by atoms with van der Waals surface area (Å²) in [5, 5.41) is 31.1. The molecule has 0 aliphatic heterocycles. The van der Waals surface area contributed by atoms with E-state index in [1.165, 1.54) is 6.92 Å². The van der Waals surface area contributed by atoms with E-state index < -0.39 is 18.1 Å². The third-order valence-electron chi connectivity index (χ3n) is 1.70. The molecular weight excluding hydrogens is 262 g/mol. The molecule has 0 aromatic rings. The number of aliphatic hydroxyl groups is 1. The van der Waals surface area contributed by atoms with Crippen LogP contribution in [0.25, 0.3) is 0 Å². The molecule has 2 atom stereocenters. The Hall–Kier alpha value is -0.380. The highest BCUT2D eigenvalue weighted by Crippen LogP contribution is 2.11. The van der Waals surface area contributed by atoms with Gasteiger partial charge in [-0.1, -0.05) is 25.8 Å². The fourth-order valence-corrected chi connectivity index (χ4v) is 0.972. The average Bonchev–Trinajstić information content (AvgIpc) is 2.16. The molecular formula is C10H23NO6S. The number of carboxylic acids is 1. The van der Waals surface area contributed by atoms with Gasteiger partial charge in [-0.05, 0) is 12.3 Å². The Balaban J connectivity index is 0. The molecule has 0 aromatic carbocycles. The van der Waals surface area contributed by atoms with E-state index in [1.807, 2.05) is 20.8 Å². The predicted octanol–water partition coefficient (Wildman–Crippen LogP) is 1.14. The summed E-state index contributed by atoms with van der Waals surface area (Å²) < 4.78 is 3.81. The first-order valence-corrected chi connectivity index (χ1v) is 6.46. The average molecular weight is 285 g/mol. The van der Waals surface area contributed by atoms with E-state index in [9.17, 15) is 4.79 Å². The van der Waals surface area contributed by atoms with Crippen LogP contribution < -0.4 is 5.32 Å². The monoisotopic (exact) mass is 285 g/mol. The molecule has 0 heterocycles. The molecule has 4 N–H and O–H groups in total. The normalized spacial score (nSPS) is 14.4. The Morgan fingerprint density at radius 1 is 1.44 bits per heavy atom. The van der Waals surface area contributed by atoms with Crippen molar-refractivity contribution in [2.45, 2.75) is 39.8 Å². The number of aliphatic carboxylic acids is 1. The Labute approximate surface area is 112 Å². The van der Waals surface area contributed by atoms with Gasteiger partial charge in [-0.15, -0.1) is 4.33 Å². The second-order valence-electron chi connectivity index (χ2n) is 4.81. The number of hydrogen-bond donors (Lipinski definition) is 4. The lowest BCUT2D eigenvalue weighted by Crippen LogP contribution is -2.47. The zero-order valence-electron chi connectivity index (χ0n) is 11.3. The number of hydrogen-bond acceptors (Lipinski definition) is 7. The highest BCUT2D eigenvalue weighted by atomic mass is 32.2. The molecule has 0 spiro atoms. The quantitative estimate of drug-likeness (QED) is 0.327. The van der Waals surface area contributed by atoms with Crippen LogP contribution in [0.4, 0.5) is 0 Å². The maximum Gasteiger partial charge on any atom is 0.323 e. The number of carbonyl (C=O) groups is 1. The molecule has 0 amide bonds. The highest BCUT2D eigenvalue weighted by molar-refractivity contribution is 7.93. The van der Waals surface area contributed by atoms with E-state index in [1.54, 1.807) is 6.26 Å². The number of nitrogens with one attached hydrogen (secondary N) is 1. The van der Waals surface area contributed by atoms with Crippen molar-refractivity contribution in [1.29, 1.82) is 0 Å². The molecule has 0 fully saturated rings. The first-order chi connectivity index (χ1) is 8.15. The Bertz CT molecular complexity index is 217. The molecule has 0 saturated heterocycles. The van der Waals surface area contributed by atoms with Crippen LogP contribution in [0.1, 0.15) is 27.7 Å². The molecule has 0 aliphatic rings. The molecule has 18 heavy (non-hydrogen) atoms. The number of carboxylic acid groups (broad SMARTS) is 1. The summed E-state index contributed by atoms with van der Waals surface area (Å²) in [5.74, 6) is -1.01. The van der Waals surface area contributed by atoms with Crippen LogP contribution in [0.2, 0.25) is 0 Å². The van der Waals surface area contributed by atoms with Crippen LogP contribution in [0.3, 0.4) is 0 Å². The summed E-state index contributed by atoms with van der Waals surface area (Å²) in [4.78, 5) is 10.6. The van der Waals surface area contributed by atoms with Crippen molar-refractivity contribution in [3.8, 4) is 0 Å². The number of rotatable bonds is 6. The standard InChI is InChI=1S/C9H19NO3.CH4O3S/c1-6(11)7(8(12)13)10-5-9(2,3)4;1-5-4-3-2/h6-7,10-11H,5H2,1-4H3,(H,12,13);2H,1H3. The van der Waals surface area contributed by atoms with E-state index in [2.05, 4.69) is 14.7 Å². The SMILES string of the molecule is CC(O)C(NCC(C)(C)C)C(=O)O.CSOOO. The van der Waals surface area contributed by atoms with Gasteiger partial charge in [0.25, 0.3) is 0 Å². The lowest BCUT2D eigenvalue weighted by Gasteiger charge is -2.23. The van der Waals surface area contributed by atoms with E-state index in [-0.39, 0.29) is 5.41 Å². The fourth-order valence-electron chi connectivity index (χ4n) is 0.911. The summed E-state index contributed by atoms with van der Waals surface area (Å²) >= 11 is 0.929. The van der Waals surface area contributed by atoms with Gasteiger partial charge in [-0.2, -0.15) is 0 Å². The maximum atomic E-state index is 10.6. The van der Waals surface area contributed by atoms with Crippen molar-refractivity contribution in [1.82, 2.24) is 5.32 Å². The van der Waals surface area contributed by atoms with Gasteiger partial charge in [0.2, 0.25) is 0 Å². The van der Waals surface area contributed by atoms with Gasteiger partial charge in [-0.25, -0.2) is 5.26 Å². The molecule has 0 radical (unpaired) electrons. The highest BCUT2D eigenvalue weighted by Gasteiger charge is 2.24. The van der Waals surface area contributed by atoms with Crippen LogP contribution >= 0.6 is 12.0 Å². The second kappa shape index (κ2) is 10.5. The summed E-state index contributed by atoms with van der Waals surface area (Å²) in [5.41, 5.74) is 0.0165. The van der Waals surface area contributed by atoms with Gasteiger partial charge in [-0.3, -0.25) is 4.79 Å². The first kappa shape index (κ1) is 19.9. The van der Waals surface area contributed by atoms with Crippen LogP contribution in [-0.2, 0) is 14.2 Å². The van der Waals surface area contributed by atoms with E-state index >= 15 is 0 Å². The topological polar surface area (TPSA) is 108 Å². The third-order valence-corrected chi connectivity index (χ3v) is 1.90.